The van der Waals surface area contributed by atoms with E-state index >= 15 is 0 Å². The van der Waals surface area contributed by atoms with Gasteiger partial charge in [0, 0.05) is 5.88 Å². The van der Waals surface area contributed by atoms with Crippen LogP contribution in [-0.4, -0.2) is 12.2 Å². The van der Waals surface area contributed by atoms with Crippen molar-refractivity contribution in [2.24, 2.45) is 0 Å². The van der Waals surface area contributed by atoms with E-state index in [4.69, 9.17) is 11.6 Å². The molecule has 46 valence electrons. The SMILES string of the molecule is C=C(C=O)CCCCl. The minimum atomic E-state index is 0.604. The van der Waals surface area contributed by atoms with Gasteiger partial charge in [-0.15, -0.1) is 11.6 Å². The second kappa shape index (κ2) is 4.85. The molecule has 0 amide bonds. The van der Waals surface area contributed by atoms with Crippen LogP contribution in [-0.2, 0) is 4.79 Å². The van der Waals surface area contributed by atoms with Gasteiger partial charge in [0.25, 0.3) is 0 Å². The van der Waals surface area contributed by atoms with Gasteiger partial charge in [0.1, 0.15) is 6.29 Å². The Morgan fingerprint density at radius 3 is 2.75 bits per heavy atom. The Balaban J connectivity index is 3.11. The van der Waals surface area contributed by atoms with Crippen LogP contribution in [0.2, 0.25) is 0 Å². The molecule has 0 atom stereocenters. The van der Waals surface area contributed by atoms with E-state index in [0.29, 0.717) is 11.5 Å². The van der Waals surface area contributed by atoms with E-state index in [9.17, 15) is 4.79 Å². The van der Waals surface area contributed by atoms with Crippen LogP contribution in [0.25, 0.3) is 0 Å². The third kappa shape index (κ3) is 3.88. The number of hydrogen-bond acceptors (Lipinski definition) is 1. The predicted molar refractivity (Wildman–Crippen MR) is 35.2 cm³/mol. The number of rotatable bonds is 4. The molecule has 0 heterocycles. The van der Waals surface area contributed by atoms with Gasteiger partial charge >= 0.3 is 0 Å². The Morgan fingerprint density at radius 1 is 1.75 bits per heavy atom. The van der Waals surface area contributed by atoms with Crippen LogP contribution in [0.4, 0.5) is 0 Å². The molecular formula is C6H9ClO. The molecule has 0 aromatic carbocycles. The van der Waals surface area contributed by atoms with Gasteiger partial charge in [-0.2, -0.15) is 0 Å². The second-order valence-electron chi connectivity index (χ2n) is 1.57. The molecule has 0 saturated carbocycles. The van der Waals surface area contributed by atoms with E-state index in [-0.39, 0.29) is 0 Å². The molecule has 0 unspecified atom stereocenters. The van der Waals surface area contributed by atoms with E-state index in [1.165, 1.54) is 0 Å². The number of alkyl halides is 1. The smallest absolute Gasteiger partial charge is 0.145 e. The summed E-state index contributed by atoms with van der Waals surface area (Å²) in [5, 5.41) is 0. The fourth-order valence-electron chi connectivity index (χ4n) is 0.353. The normalized spacial score (nSPS) is 8.62. The first kappa shape index (κ1) is 7.70. The molecule has 0 saturated heterocycles. The molecule has 1 nitrogen and oxygen atoms in total. The minimum Gasteiger partial charge on any atom is -0.298 e. The number of allylic oxidation sites excluding steroid dienone is 1. The van der Waals surface area contributed by atoms with Crippen LogP contribution in [0.15, 0.2) is 12.2 Å². The Kier molecular flexibility index (Phi) is 4.67. The maximum Gasteiger partial charge on any atom is 0.145 e. The minimum absolute atomic E-state index is 0.604. The number of carbonyl (C=O) groups is 1. The zero-order chi connectivity index (χ0) is 6.41. The molecule has 0 aromatic heterocycles. The van der Waals surface area contributed by atoms with Gasteiger partial charge in [-0.25, -0.2) is 0 Å². The maximum atomic E-state index is 9.87. The zero-order valence-electron chi connectivity index (χ0n) is 4.69. The lowest BCUT2D eigenvalue weighted by Crippen LogP contribution is -1.82. The van der Waals surface area contributed by atoms with Crippen molar-refractivity contribution in [3.05, 3.63) is 12.2 Å². The van der Waals surface area contributed by atoms with E-state index in [2.05, 4.69) is 6.58 Å². The lowest BCUT2D eigenvalue weighted by molar-refractivity contribution is -0.105. The summed E-state index contributed by atoms with van der Waals surface area (Å²) < 4.78 is 0. The van der Waals surface area contributed by atoms with E-state index in [1.807, 2.05) is 0 Å². The van der Waals surface area contributed by atoms with Gasteiger partial charge in [0.05, 0.1) is 0 Å². The van der Waals surface area contributed by atoms with Crippen molar-refractivity contribution in [3.63, 3.8) is 0 Å². The quantitative estimate of drug-likeness (QED) is 0.324. The zero-order valence-corrected chi connectivity index (χ0v) is 5.45. The van der Waals surface area contributed by atoms with Crippen molar-refractivity contribution in [2.75, 3.05) is 5.88 Å². The number of hydrogen-bond donors (Lipinski definition) is 0. The van der Waals surface area contributed by atoms with Crippen LogP contribution in [0, 0.1) is 0 Å². The lowest BCUT2D eigenvalue weighted by atomic mass is 10.2. The molecule has 0 aliphatic rings. The van der Waals surface area contributed by atoms with Crippen molar-refractivity contribution in [1.29, 1.82) is 0 Å². The monoisotopic (exact) mass is 132 g/mol. The van der Waals surface area contributed by atoms with Gasteiger partial charge in [-0.05, 0) is 18.4 Å². The summed E-state index contributed by atoms with van der Waals surface area (Å²) in [6.07, 6.45) is 2.35. The van der Waals surface area contributed by atoms with Crippen molar-refractivity contribution >= 4 is 17.9 Å². The van der Waals surface area contributed by atoms with Crippen molar-refractivity contribution < 1.29 is 4.79 Å². The first-order valence-corrected chi connectivity index (χ1v) is 3.03. The average Bonchev–Trinajstić information content (AvgIpc) is 1.83. The lowest BCUT2D eigenvalue weighted by Gasteiger charge is -1.89. The Morgan fingerprint density at radius 2 is 2.38 bits per heavy atom. The summed E-state index contributed by atoms with van der Waals surface area (Å²) in [6.45, 7) is 3.48. The highest BCUT2D eigenvalue weighted by Gasteiger charge is 1.88. The van der Waals surface area contributed by atoms with Crippen LogP contribution >= 0.6 is 11.6 Å². The van der Waals surface area contributed by atoms with Crippen molar-refractivity contribution in [2.45, 2.75) is 12.8 Å². The summed E-state index contributed by atoms with van der Waals surface area (Å²) in [4.78, 5) is 9.87. The van der Waals surface area contributed by atoms with Crippen LogP contribution in [0.3, 0.4) is 0 Å². The molecule has 8 heavy (non-hydrogen) atoms. The molecular weight excluding hydrogens is 124 g/mol. The molecule has 0 spiro atoms. The Bertz CT molecular complexity index is 88.5. The summed E-state index contributed by atoms with van der Waals surface area (Å²) in [5.74, 6) is 0.604. The van der Waals surface area contributed by atoms with E-state index < -0.39 is 0 Å². The molecule has 0 aliphatic heterocycles. The van der Waals surface area contributed by atoms with Gasteiger partial charge in [0.15, 0.2) is 0 Å². The molecule has 0 rings (SSSR count). The summed E-state index contributed by atoms with van der Waals surface area (Å²) in [7, 11) is 0. The maximum absolute atomic E-state index is 9.87. The number of aldehydes is 1. The van der Waals surface area contributed by atoms with Gasteiger partial charge in [-0.3, -0.25) is 4.79 Å². The first-order chi connectivity index (χ1) is 3.81. The number of carbonyl (C=O) groups excluding carboxylic acids is 1. The molecule has 0 radical (unpaired) electrons. The topological polar surface area (TPSA) is 17.1 Å². The van der Waals surface area contributed by atoms with Crippen LogP contribution in [0.1, 0.15) is 12.8 Å². The van der Waals surface area contributed by atoms with Crippen LogP contribution in [0.5, 0.6) is 0 Å². The molecule has 0 fully saturated rings. The van der Waals surface area contributed by atoms with Crippen molar-refractivity contribution in [3.8, 4) is 0 Å². The highest BCUT2D eigenvalue weighted by atomic mass is 35.5. The largest absolute Gasteiger partial charge is 0.298 e. The molecule has 2 heteroatoms. The predicted octanol–water partition coefficient (Wildman–Crippen LogP) is 1.76. The van der Waals surface area contributed by atoms with Gasteiger partial charge < -0.3 is 0 Å². The fraction of sp³-hybridized carbons (Fsp3) is 0.500. The molecule has 0 N–H and O–H groups in total. The van der Waals surface area contributed by atoms with Crippen molar-refractivity contribution in [1.82, 2.24) is 0 Å². The first-order valence-electron chi connectivity index (χ1n) is 2.50. The Labute approximate surface area is 54.3 Å². The number of halogens is 1. The standard InChI is InChI=1S/C6H9ClO/c1-6(5-8)3-2-4-7/h5H,1-4H2. The third-order valence-corrected chi connectivity index (χ3v) is 1.07. The van der Waals surface area contributed by atoms with Gasteiger partial charge in [0.2, 0.25) is 0 Å². The third-order valence-electron chi connectivity index (χ3n) is 0.798. The summed E-state index contributed by atoms with van der Waals surface area (Å²) >= 11 is 5.35. The average molecular weight is 133 g/mol. The summed E-state index contributed by atoms with van der Waals surface area (Å²) in [5.41, 5.74) is 0.630. The highest BCUT2D eigenvalue weighted by Crippen LogP contribution is 1.98. The fourth-order valence-corrected chi connectivity index (χ4v) is 0.486. The van der Waals surface area contributed by atoms with Gasteiger partial charge in [-0.1, -0.05) is 6.58 Å². The van der Waals surface area contributed by atoms with E-state index in [0.717, 1.165) is 19.1 Å². The molecule has 0 aromatic rings. The second-order valence-corrected chi connectivity index (χ2v) is 1.95. The molecule has 0 aliphatic carbocycles. The van der Waals surface area contributed by atoms with Crippen LogP contribution < -0.4 is 0 Å². The summed E-state index contributed by atoms with van der Waals surface area (Å²) in [6, 6.07) is 0. The highest BCUT2D eigenvalue weighted by molar-refractivity contribution is 6.17. The Hall–Kier alpha value is -0.300. The van der Waals surface area contributed by atoms with E-state index in [1.54, 1.807) is 0 Å². The molecule has 0 bridgehead atoms.